The number of amides is 1. The van der Waals surface area contributed by atoms with Crippen LogP contribution in [0, 0.1) is 34.6 Å². The van der Waals surface area contributed by atoms with E-state index in [4.69, 9.17) is 0 Å². The predicted octanol–water partition coefficient (Wildman–Crippen LogP) is 3.67. The predicted molar refractivity (Wildman–Crippen MR) is 132 cm³/mol. The van der Waals surface area contributed by atoms with Gasteiger partial charge in [-0.05, 0) is 63.9 Å². The zero-order chi connectivity index (χ0) is 24.0. The van der Waals surface area contributed by atoms with Crippen LogP contribution in [0.2, 0.25) is 0 Å². The van der Waals surface area contributed by atoms with Gasteiger partial charge in [0, 0.05) is 18.4 Å². The van der Waals surface area contributed by atoms with Gasteiger partial charge in [0.05, 0.1) is 11.2 Å². The Morgan fingerprint density at radius 2 is 1.48 bits per heavy atom. The van der Waals surface area contributed by atoms with Gasteiger partial charge in [0.2, 0.25) is 5.91 Å². The molecular weight excluding hydrogens is 416 g/mol. The number of aryl methyl sites for hydroxylation is 6. The third-order valence-electron chi connectivity index (χ3n) is 6.11. The summed E-state index contributed by atoms with van der Waals surface area (Å²) in [5, 5.41) is 2.96. The third-order valence-corrected chi connectivity index (χ3v) is 6.11. The molecule has 7 nitrogen and oxygen atoms in total. The lowest BCUT2D eigenvalue weighted by molar-refractivity contribution is -0.116. The second kappa shape index (κ2) is 8.24. The van der Waals surface area contributed by atoms with Crippen LogP contribution in [0.25, 0.3) is 16.7 Å². The molecule has 33 heavy (non-hydrogen) atoms. The fourth-order valence-corrected chi connectivity index (χ4v) is 4.36. The van der Waals surface area contributed by atoms with E-state index in [2.05, 4.69) is 5.32 Å². The maximum Gasteiger partial charge on any atom is 0.336 e. The average Bonchev–Trinajstić information content (AvgIpc) is 3.04. The standard InChI is InChI=1S/C26H28N4O3/c1-15-7-9-20(10-8-15)30-25(32)24-21(13-19(5)28(24)6)29(26(30)33)14-22(31)27-23-17(3)11-16(2)12-18(23)4/h7-13H,14H2,1-6H3,(H,27,31). The van der Waals surface area contributed by atoms with E-state index in [0.29, 0.717) is 16.7 Å². The van der Waals surface area contributed by atoms with E-state index in [0.717, 1.165) is 38.2 Å². The van der Waals surface area contributed by atoms with E-state index in [1.807, 2.05) is 58.9 Å². The molecule has 0 aliphatic rings. The van der Waals surface area contributed by atoms with Crippen LogP contribution in [0.4, 0.5) is 5.69 Å². The fourth-order valence-electron chi connectivity index (χ4n) is 4.36. The number of rotatable bonds is 4. The number of nitrogens with one attached hydrogen (secondary N) is 1. The van der Waals surface area contributed by atoms with Crippen LogP contribution in [0.5, 0.6) is 0 Å². The molecule has 0 saturated heterocycles. The smallest absolute Gasteiger partial charge is 0.336 e. The number of anilines is 1. The van der Waals surface area contributed by atoms with Crippen molar-refractivity contribution in [2.45, 2.75) is 41.2 Å². The van der Waals surface area contributed by atoms with E-state index in [9.17, 15) is 14.4 Å². The third kappa shape index (κ3) is 3.91. The Kier molecular flexibility index (Phi) is 5.57. The molecule has 4 aromatic rings. The Bertz CT molecular complexity index is 1500. The van der Waals surface area contributed by atoms with Crippen LogP contribution in [-0.4, -0.2) is 19.6 Å². The second-order valence-electron chi connectivity index (χ2n) is 8.75. The van der Waals surface area contributed by atoms with Gasteiger partial charge in [-0.3, -0.25) is 14.2 Å². The van der Waals surface area contributed by atoms with E-state index < -0.39 is 11.2 Å². The van der Waals surface area contributed by atoms with Gasteiger partial charge in [-0.25, -0.2) is 9.36 Å². The van der Waals surface area contributed by atoms with Gasteiger partial charge in [-0.2, -0.15) is 0 Å². The van der Waals surface area contributed by atoms with Crippen LogP contribution in [0.3, 0.4) is 0 Å². The largest absolute Gasteiger partial charge is 0.342 e. The Morgan fingerprint density at radius 3 is 2.09 bits per heavy atom. The van der Waals surface area contributed by atoms with Crippen molar-refractivity contribution in [1.82, 2.24) is 13.7 Å². The zero-order valence-electron chi connectivity index (χ0n) is 19.8. The average molecular weight is 445 g/mol. The summed E-state index contributed by atoms with van der Waals surface area (Å²) in [6, 6.07) is 13.0. The molecule has 0 radical (unpaired) electrons. The first kappa shape index (κ1) is 22.3. The summed E-state index contributed by atoms with van der Waals surface area (Å²) in [4.78, 5) is 39.9. The van der Waals surface area contributed by atoms with Crippen molar-refractivity contribution in [3.63, 3.8) is 0 Å². The van der Waals surface area contributed by atoms with Crippen LogP contribution in [0.1, 0.15) is 27.9 Å². The lowest BCUT2D eigenvalue weighted by Crippen LogP contribution is -2.41. The number of fused-ring (bicyclic) bond motifs is 1. The molecule has 0 saturated carbocycles. The molecule has 1 N–H and O–H groups in total. The first-order chi connectivity index (χ1) is 15.6. The van der Waals surface area contributed by atoms with Gasteiger partial charge in [-0.1, -0.05) is 35.4 Å². The number of carbonyl (C=O) groups is 1. The Balaban J connectivity index is 1.86. The number of hydrogen-bond acceptors (Lipinski definition) is 3. The van der Waals surface area contributed by atoms with Gasteiger partial charge in [0.25, 0.3) is 5.56 Å². The topological polar surface area (TPSA) is 78.0 Å². The van der Waals surface area contributed by atoms with Crippen LogP contribution >= 0.6 is 0 Å². The summed E-state index contributed by atoms with van der Waals surface area (Å²) < 4.78 is 4.26. The minimum Gasteiger partial charge on any atom is -0.342 e. The van der Waals surface area contributed by atoms with E-state index in [1.165, 1.54) is 4.57 Å². The quantitative estimate of drug-likeness (QED) is 0.522. The first-order valence-electron chi connectivity index (χ1n) is 10.8. The zero-order valence-corrected chi connectivity index (χ0v) is 19.8. The van der Waals surface area contributed by atoms with Gasteiger partial charge >= 0.3 is 5.69 Å². The normalized spacial score (nSPS) is 11.2. The minimum absolute atomic E-state index is 0.211. The van der Waals surface area contributed by atoms with Crippen molar-refractivity contribution >= 4 is 22.6 Å². The number of hydrogen-bond donors (Lipinski definition) is 1. The Hall–Kier alpha value is -3.87. The molecule has 0 fully saturated rings. The van der Waals surface area contributed by atoms with Crippen molar-refractivity contribution in [2.75, 3.05) is 5.32 Å². The van der Waals surface area contributed by atoms with Crippen molar-refractivity contribution in [3.8, 4) is 5.69 Å². The highest BCUT2D eigenvalue weighted by atomic mass is 16.2. The van der Waals surface area contributed by atoms with Crippen molar-refractivity contribution in [2.24, 2.45) is 7.05 Å². The molecule has 0 aliphatic carbocycles. The molecule has 2 aromatic heterocycles. The molecule has 0 atom stereocenters. The highest BCUT2D eigenvalue weighted by Crippen LogP contribution is 2.22. The van der Waals surface area contributed by atoms with E-state index >= 15 is 0 Å². The lowest BCUT2D eigenvalue weighted by Gasteiger charge is -2.15. The van der Waals surface area contributed by atoms with Gasteiger partial charge in [-0.15, -0.1) is 0 Å². The van der Waals surface area contributed by atoms with E-state index in [1.54, 1.807) is 29.8 Å². The molecule has 0 unspecified atom stereocenters. The van der Waals surface area contributed by atoms with Crippen LogP contribution in [0.15, 0.2) is 52.1 Å². The second-order valence-corrected chi connectivity index (χ2v) is 8.75. The minimum atomic E-state index is -0.547. The maximum atomic E-state index is 13.5. The van der Waals surface area contributed by atoms with Crippen LogP contribution < -0.4 is 16.6 Å². The summed E-state index contributed by atoms with van der Waals surface area (Å²) in [6.07, 6.45) is 0. The molecule has 0 bridgehead atoms. The maximum absolute atomic E-state index is 13.5. The van der Waals surface area contributed by atoms with Gasteiger partial charge in [0.1, 0.15) is 12.1 Å². The first-order valence-corrected chi connectivity index (χ1v) is 10.8. The summed E-state index contributed by atoms with van der Waals surface area (Å²) in [5.41, 5.74) is 5.95. The molecule has 0 aliphatic heterocycles. The number of aromatic nitrogens is 3. The summed E-state index contributed by atoms with van der Waals surface area (Å²) in [7, 11) is 1.78. The molecule has 1 amide bonds. The van der Waals surface area contributed by atoms with Crippen molar-refractivity contribution in [1.29, 1.82) is 0 Å². The summed E-state index contributed by atoms with van der Waals surface area (Å²) >= 11 is 0. The summed E-state index contributed by atoms with van der Waals surface area (Å²) in [6.45, 7) is 9.49. The molecule has 7 heteroatoms. The molecular formula is C26H28N4O3. The molecule has 4 rings (SSSR count). The SMILES string of the molecule is Cc1ccc(-n2c(=O)c3c(cc(C)n3C)n(CC(=O)Nc3c(C)cc(C)cc3C)c2=O)cc1. The Labute approximate surface area is 191 Å². The number of nitrogens with zero attached hydrogens (tertiary/aromatic N) is 3. The number of benzene rings is 2. The Morgan fingerprint density at radius 1 is 0.879 bits per heavy atom. The molecule has 170 valence electrons. The van der Waals surface area contributed by atoms with E-state index in [-0.39, 0.29) is 12.5 Å². The molecule has 2 aromatic carbocycles. The highest BCUT2D eigenvalue weighted by Gasteiger charge is 2.20. The molecule has 2 heterocycles. The summed E-state index contributed by atoms with van der Waals surface area (Å²) in [5.74, 6) is -0.330. The van der Waals surface area contributed by atoms with Gasteiger partial charge in [0.15, 0.2) is 0 Å². The molecule has 0 spiro atoms. The van der Waals surface area contributed by atoms with Crippen LogP contribution in [-0.2, 0) is 18.4 Å². The number of carbonyl (C=O) groups excluding carboxylic acids is 1. The van der Waals surface area contributed by atoms with Crippen molar-refractivity contribution < 1.29 is 4.79 Å². The monoisotopic (exact) mass is 444 g/mol. The van der Waals surface area contributed by atoms with Crippen molar-refractivity contribution in [3.05, 3.63) is 91.3 Å². The lowest BCUT2D eigenvalue weighted by atomic mass is 10.1. The highest BCUT2D eigenvalue weighted by molar-refractivity contribution is 5.93. The fraction of sp³-hybridized carbons (Fsp3) is 0.269. The van der Waals surface area contributed by atoms with Gasteiger partial charge < -0.3 is 9.88 Å².